The van der Waals surface area contributed by atoms with Crippen molar-refractivity contribution in [3.63, 3.8) is 0 Å². The lowest BCUT2D eigenvalue weighted by molar-refractivity contribution is -0.130. The van der Waals surface area contributed by atoms with Gasteiger partial charge in [-0.05, 0) is 42.0 Å². The molecule has 11 heteroatoms. The highest BCUT2D eigenvalue weighted by molar-refractivity contribution is 7.99. The summed E-state index contributed by atoms with van der Waals surface area (Å²) in [5.41, 5.74) is 1.90. The van der Waals surface area contributed by atoms with Crippen LogP contribution in [0.3, 0.4) is 0 Å². The zero-order valence-electron chi connectivity index (χ0n) is 19.9. The second-order valence-electron chi connectivity index (χ2n) is 8.70. The van der Waals surface area contributed by atoms with Crippen molar-refractivity contribution < 1.29 is 18.7 Å². The van der Waals surface area contributed by atoms with Crippen molar-refractivity contribution in [1.29, 1.82) is 0 Å². The highest BCUT2D eigenvalue weighted by Crippen LogP contribution is 2.33. The molecule has 6 rings (SSSR count). The minimum Gasteiger partial charge on any atom is -0.461 e. The number of halogens is 1. The molecule has 37 heavy (non-hydrogen) atoms. The van der Waals surface area contributed by atoms with Crippen LogP contribution in [-0.2, 0) is 11.3 Å². The number of carbonyl (C=O) groups is 1. The maximum Gasteiger partial charge on any atom is 0.233 e. The number of furan rings is 1. The molecule has 0 radical (unpaired) electrons. The van der Waals surface area contributed by atoms with E-state index >= 15 is 0 Å². The van der Waals surface area contributed by atoms with E-state index in [9.17, 15) is 4.79 Å². The number of para-hydroxylation sites is 1. The van der Waals surface area contributed by atoms with Gasteiger partial charge in [0.1, 0.15) is 0 Å². The SMILES string of the molecule is O=C(CSc1nnc(-c2ccco2)n1-c1ccccc1Cl)N1CCN(Cc2ccc3c(c2)OCO3)CC1. The molecule has 9 nitrogen and oxygen atoms in total. The molecule has 0 saturated carbocycles. The Kier molecular flexibility index (Phi) is 6.77. The molecule has 1 fully saturated rings. The van der Waals surface area contributed by atoms with Crippen LogP contribution in [0.5, 0.6) is 11.5 Å². The molecule has 2 aliphatic rings. The molecule has 4 aromatic rings. The van der Waals surface area contributed by atoms with Gasteiger partial charge in [0.2, 0.25) is 18.5 Å². The first-order chi connectivity index (χ1) is 18.2. The number of aromatic nitrogens is 3. The molecular weight excluding hydrogens is 514 g/mol. The van der Waals surface area contributed by atoms with Gasteiger partial charge in [0, 0.05) is 32.7 Å². The van der Waals surface area contributed by atoms with E-state index in [-0.39, 0.29) is 18.5 Å². The van der Waals surface area contributed by atoms with Crippen molar-refractivity contribution in [3.05, 3.63) is 71.4 Å². The summed E-state index contributed by atoms with van der Waals surface area (Å²) < 4.78 is 18.3. The van der Waals surface area contributed by atoms with E-state index in [2.05, 4.69) is 21.2 Å². The van der Waals surface area contributed by atoms with E-state index in [1.165, 1.54) is 17.3 Å². The number of ether oxygens (including phenoxy) is 2. The van der Waals surface area contributed by atoms with Gasteiger partial charge >= 0.3 is 0 Å². The number of fused-ring (bicyclic) bond motifs is 1. The summed E-state index contributed by atoms with van der Waals surface area (Å²) >= 11 is 7.84. The zero-order valence-corrected chi connectivity index (χ0v) is 21.5. The van der Waals surface area contributed by atoms with Gasteiger partial charge in [-0.15, -0.1) is 10.2 Å². The van der Waals surface area contributed by atoms with E-state index in [1.807, 2.05) is 51.9 Å². The molecule has 1 saturated heterocycles. The number of hydrogen-bond acceptors (Lipinski definition) is 8. The lowest BCUT2D eigenvalue weighted by Crippen LogP contribution is -2.48. The average molecular weight is 538 g/mol. The topological polar surface area (TPSA) is 85.9 Å². The van der Waals surface area contributed by atoms with Gasteiger partial charge in [-0.1, -0.05) is 41.6 Å². The van der Waals surface area contributed by atoms with Gasteiger partial charge in [0.05, 0.1) is 22.7 Å². The Morgan fingerprint density at radius 3 is 2.62 bits per heavy atom. The standard InChI is InChI=1S/C26H24ClN5O4S/c27-19-4-1-2-5-20(19)32-25(22-6-3-13-34-22)28-29-26(32)37-16-24(33)31-11-9-30(10-12-31)15-18-7-8-21-23(14-18)36-17-35-21/h1-8,13-14H,9-12,15-17H2. The second kappa shape index (κ2) is 10.5. The molecule has 190 valence electrons. The fraction of sp³-hybridized carbons (Fsp3) is 0.269. The van der Waals surface area contributed by atoms with Crippen LogP contribution in [-0.4, -0.2) is 69.2 Å². The van der Waals surface area contributed by atoms with E-state index in [0.29, 0.717) is 34.9 Å². The van der Waals surface area contributed by atoms with Crippen LogP contribution in [0.1, 0.15) is 5.56 Å². The number of benzene rings is 2. The zero-order chi connectivity index (χ0) is 25.2. The van der Waals surface area contributed by atoms with Crippen LogP contribution in [0, 0.1) is 0 Å². The maximum atomic E-state index is 13.1. The van der Waals surface area contributed by atoms with Crippen LogP contribution in [0.15, 0.2) is 70.4 Å². The van der Waals surface area contributed by atoms with Gasteiger partial charge < -0.3 is 18.8 Å². The molecule has 1 amide bonds. The largest absolute Gasteiger partial charge is 0.461 e. The van der Waals surface area contributed by atoms with Crippen LogP contribution in [0.4, 0.5) is 0 Å². The maximum absolute atomic E-state index is 13.1. The van der Waals surface area contributed by atoms with Crippen LogP contribution in [0.2, 0.25) is 5.02 Å². The Hall–Kier alpha value is -3.47. The minimum absolute atomic E-state index is 0.0704. The molecule has 0 unspecified atom stereocenters. The molecule has 4 heterocycles. The summed E-state index contributed by atoms with van der Waals surface area (Å²) in [4.78, 5) is 17.3. The molecule has 2 aliphatic heterocycles. The first kappa shape index (κ1) is 23.9. The Balaban J connectivity index is 1.09. The molecule has 2 aromatic heterocycles. The molecule has 2 aromatic carbocycles. The predicted octanol–water partition coefficient (Wildman–Crippen LogP) is 4.35. The van der Waals surface area contributed by atoms with E-state index in [4.69, 9.17) is 25.5 Å². The highest BCUT2D eigenvalue weighted by Gasteiger charge is 2.24. The Bertz CT molecular complexity index is 1400. The van der Waals surface area contributed by atoms with Gasteiger partial charge in [0.15, 0.2) is 22.4 Å². The second-order valence-corrected chi connectivity index (χ2v) is 10.1. The smallest absolute Gasteiger partial charge is 0.233 e. The van der Waals surface area contributed by atoms with Crippen molar-refractivity contribution in [3.8, 4) is 28.8 Å². The van der Waals surface area contributed by atoms with E-state index < -0.39 is 0 Å². The van der Waals surface area contributed by atoms with E-state index in [1.54, 1.807) is 12.3 Å². The molecule has 0 N–H and O–H groups in total. The fourth-order valence-electron chi connectivity index (χ4n) is 4.45. The monoisotopic (exact) mass is 537 g/mol. The molecule has 0 spiro atoms. The number of thioether (sulfide) groups is 1. The number of rotatable bonds is 7. The number of carbonyl (C=O) groups excluding carboxylic acids is 1. The van der Waals surface area contributed by atoms with Crippen LogP contribution >= 0.6 is 23.4 Å². The Labute approximate surface area is 222 Å². The summed E-state index contributed by atoms with van der Waals surface area (Å²) in [6.45, 7) is 4.06. The average Bonchev–Trinajstić information content (AvgIpc) is 3.69. The third-order valence-electron chi connectivity index (χ3n) is 6.36. The normalized spacial score (nSPS) is 15.3. The number of piperazine rings is 1. The molecular formula is C26H24ClN5O4S. The number of hydrogen-bond donors (Lipinski definition) is 0. The van der Waals surface area contributed by atoms with Crippen molar-refractivity contribution in [2.45, 2.75) is 11.7 Å². The Morgan fingerprint density at radius 2 is 1.81 bits per heavy atom. The summed E-state index contributed by atoms with van der Waals surface area (Å²) in [6, 6.07) is 17.1. The van der Waals surface area contributed by atoms with Crippen molar-refractivity contribution in [1.82, 2.24) is 24.6 Å². The Morgan fingerprint density at radius 1 is 0.973 bits per heavy atom. The molecule has 0 atom stereocenters. The van der Waals surface area contributed by atoms with Crippen molar-refractivity contribution in [2.24, 2.45) is 0 Å². The van der Waals surface area contributed by atoms with E-state index in [0.717, 1.165) is 36.8 Å². The van der Waals surface area contributed by atoms with Crippen molar-refractivity contribution >= 4 is 29.3 Å². The summed E-state index contributed by atoms with van der Waals surface area (Å²) in [5.74, 6) is 3.01. The van der Waals surface area contributed by atoms with Gasteiger partial charge in [-0.3, -0.25) is 14.3 Å². The van der Waals surface area contributed by atoms with Gasteiger partial charge in [0.25, 0.3) is 0 Å². The van der Waals surface area contributed by atoms with Crippen molar-refractivity contribution in [2.75, 3.05) is 38.7 Å². The summed E-state index contributed by atoms with van der Waals surface area (Å²) in [5, 5.41) is 9.81. The molecule has 0 bridgehead atoms. The fourth-order valence-corrected chi connectivity index (χ4v) is 5.52. The third kappa shape index (κ3) is 5.04. The lowest BCUT2D eigenvalue weighted by Gasteiger charge is -2.34. The quantitative estimate of drug-likeness (QED) is 0.322. The summed E-state index contributed by atoms with van der Waals surface area (Å²) in [7, 11) is 0. The third-order valence-corrected chi connectivity index (χ3v) is 7.59. The minimum atomic E-state index is 0.0704. The van der Waals surface area contributed by atoms with Gasteiger partial charge in [-0.2, -0.15) is 0 Å². The van der Waals surface area contributed by atoms with Crippen LogP contribution < -0.4 is 9.47 Å². The lowest BCUT2D eigenvalue weighted by atomic mass is 10.1. The predicted molar refractivity (Wildman–Crippen MR) is 139 cm³/mol. The highest BCUT2D eigenvalue weighted by atomic mass is 35.5. The number of amides is 1. The molecule has 0 aliphatic carbocycles. The van der Waals surface area contributed by atoms with Crippen LogP contribution in [0.25, 0.3) is 17.3 Å². The first-order valence-electron chi connectivity index (χ1n) is 11.9. The van der Waals surface area contributed by atoms with Gasteiger partial charge in [-0.25, -0.2) is 0 Å². The summed E-state index contributed by atoms with van der Waals surface area (Å²) in [6.07, 6.45) is 1.59. The number of nitrogens with zero attached hydrogens (tertiary/aromatic N) is 5. The first-order valence-corrected chi connectivity index (χ1v) is 13.3.